The minimum absolute atomic E-state index is 0.345. The number of benzene rings is 1. The third-order valence-electron chi connectivity index (χ3n) is 4.30. The lowest BCUT2D eigenvalue weighted by Crippen LogP contribution is -2.41. The summed E-state index contributed by atoms with van der Waals surface area (Å²) in [4.78, 5) is 0. The first kappa shape index (κ1) is 10.2. The highest BCUT2D eigenvalue weighted by molar-refractivity contribution is 5.54. The van der Waals surface area contributed by atoms with Crippen molar-refractivity contribution in [3.8, 4) is 0 Å². The van der Waals surface area contributed by atoms with Crippen molar-refractivity contribution in [3.05, 3.63) is 71.8 Å². The topological polar surface area (TPSA) is 0 Å². The van der Waals surface area contributed by atoms with E-state index in [9.17, 15) is 8.78 Å². The van der Waals surface area contributed by atoms with Crippen LogP contribution >= 0.6 is 0 Å². The predicted octanol–water partition coefficient (Wildman–Crippen LogP) is 3.98. The lowest BCUT2D eigenvalue weighted by atomic mass is 9.64. The zero-order valence-electron chi connectivity index (χ0n) is 9.68. The van der Waals surface area contributed by atoms with Gasteiger partial charge in [0.1, 0.15) is 0 Å². The summed E-state index contributed by atoms with van der Waals surface area (Å²) in [7, 11) is 0. The second-order valence-electron chi connectivity index (χ2n) is 5.29. The molecule has 4 bridgehead atoms. The standard InChI is InChI=1S/C16H12F2/c17-15-7-9-16(18,10-8-15)14-6-5-13(15)11-3-1-2-4-12(11)14/h1-10,13-14H. The fourth-order valence-corrected chi connectivity index (χ4v) is 3.32. The van der Waals surface area contributed by atoms with Crippen molar-refractivity contribution in [2.45, 2.75) is 23.2 Å². The highest BCUT2D eigenvalue weighted by Crippen LogP contribution is 2.53. The number of halogens is 2. The lowest BCUT2D eigenvalue weighted by Gasteiger charge is -2.43. The first-order valence-corrected chi connectivity index (χ1v) is 6.18. The van der Waals surface area contributed by atoms with Crippen LogP contribution in [0.3, 0.4) is 0 Å². The second-order valence-corrected chi connectivity index (χ2v) is 5.29. The Labute approximate surface area is 104 Å². The summed E-state index contributed by atoms with van der Waals surface area (Å²) in [5.41, 5.74) is -1.40. The van der Waals surface area contributed by atoms with Gasteiger partial charge in [-0.3, -0.25) is 0 Å². The fourth-order valence-electron chi connectivity index (χ4n) is 3.32. The molecule has 2 atom stereocenters. The van der Waals surface area contributed by atoms with Gasteiger partial charge in [-0.2, -0.15) is 0 Å². The molecule has 0 nitrogen and oxygen atoms in total. The van der Waals surface area contributed by atoms with E-state index in [0.717, 1.165) is 11.1 Å². The van der Waals surface area contributed by atoms with Crippen LogP contribution in [0, 0.1) is 0 Å². The highest BCUT2D eigenvalue weighted by Gasteiger charge is 2.49. The molecule has 18 heavy (non-hydrogen) atoms. The van der Waals surface area contributed by atoms with E-state index < -0.39 is 11.3 Å². The predicted molar refractivity (Wildman–Crippen MR) is 67.0 cm³/mol. The number of allylic oxidation sites excluding steroid dienone is 6. The van der Waals surface area contributed by atoms with Gasteiger partial charge < -0.3 is 0 Å². The first-order valence-electron chi connectivity index (χ1n) is 6.18. The maximum atomic E-state index is 14.9. The summed E-state index contributed by atoms with van der Waals surface area (Å²) < 4.78 is 29.9. The fraction of sp³-hybridized carbons (Fsp3) is 0.250. The summed E-state index contributed by atoms with van der Waals surface area (Å²) >= 11 is 0. The number of rotatable bonds is 0. The molecule has 0 spiro atoms. The molecule has 6 aliphatic carbocycles. The molecule has 0 aliphatic heterocycles. The third kappa shape index (κ3) is 1.08. The van der Waals surface area contributed by atoms with E-state index in [2.05, 4.69) is 0 Å². The lowest BCUT2D eigenvalue weighted by molar-refractivity contribution is 0.207. The Hall–Kier alpha value is -1.70. The summed E-state index contributed by atoms with van der Waals surface area (Å²) in [6.45, 7) is 0. The van der Waals surface area contributed by atoms with Crippen molar-refractivity contribution in [1.29, 1.82) is 0 Å². The quantitative estimate of drug-likeness (QED) is 0.604. The molecule has 0 heterocycles. The summed E-state index contributed by atoms with van der Waals surface area (Å²) in [6, 6.07) is 7.59. The third-order valence-corrected chi connectivity index (χ3v) is 4.30. The van der Waals surface area contributed by atoms with Crippen LogP contribution in [0.25, 0.3) is 0 Å². The van der Waals surface area contributed by atoms with E-state index in [1.54, 1.807) is 0 Å². The first-order chi connectivity index (χ1) is 8.62. The van der Waals surface area contributed by atoms with Crippen LogP contribution in [0.1, 0.15) is 23.0 Å². The van der Waals surface area contributed by atoms with E-state index in [4.69, 9.17) is 0 Å². The molecule has 1 aromatic rings. The molecule has 0 radical (unpaired) electrons. The van der Waals surface area contributed by atoms with Crippen LogP contribution in [0.15, 0.2) is 60.7 Å². The van der Waals surface area contributed by atoms with Crippen LogP contribution < -0.4 is 0 Å². The molecule has 0 saturated carbocycles. The molecule has 2 heteroatoms. The minimum Gasteiger partial charge on any atom is -0.234 e. The second kappa shape index (κ2) is 3.00. The van der Waals surface area contributed by atoms with Crippen LogP contribution in [-0.4, -0.2) is 11.3 Å². The highest BCUT2D eigenvalue weighted by atomic mass is 19.1. The SMILES string of the molecule is FC12C=CC(F)(C=C1)C1C=CC2c2ccccc21. The Kier molecular flexibility index (Phi) is 1.71. The van der Waals surface area contributed by atoms with Gasteiger partial charge >= 0.3 is 0 Å². The molecule has 0 saturated heterocycles. The Morgan fingerprint density at radius 1 is 0.722 bits per heavy atom. The van der Waals surface area contributed by atoms with Crippen molar-refractivity contribution >= 4 is 0 Å². The molecule has 0 amide bonds. The Bertz CT molecular complexity index is 544. The minimum atomic E-state index is -1.60. The number of alkyl halides is 2. The van der Waals surface area contributed by atoms with Crippen LogP contribution in [-0.2, 0) is 0 Å². The van der Waals surface area contributed by atoms with Gasteiger partial charge in [-0.15, -0.1) is 0 Å². The van der Waals surface area contributed by atoms with Gasteiger partial charge in [0.25, 0.3) is 0 Å². The van der Waals surface area contributed by atoms with Gasteiger partial charge in [-0.25, -0.2) is 8.78 Å². The summed E-state index contributed by atoms with van der Waals surface area (Å²) in [6.07, 6.45) is 9.14. The van der Waals surface area contributed by atoms with Gasteiger partial charge in [0.15, 0.2) is 11.3 Å². The van der Waals surface area contributed by atoms with Crippen LogP contribution in [0.4, 0.5) is 8.78 Å². The maximum absolute atomic E-state index is 14.9. The zero-order chi connectivity index (χ0) is 12.4. The van der Waals surface area contributed by atoms with E-state index in [0.29, 0.717) is 0 Å². The van der Waals surface area contributed by atoms with Crippen molar-refractivity contribution in [1.82, 2.24) is 0 Å². The average Bonchev–Trinajstić information content (AvgIpc) is 2.40. The molecule has 6 aliphatic rings. The van der Waals surface area contributed by atoms with E-state index in [1.807, 2.05) is 36.4 Å². The molecule has 0 N–H and O–H groups in total. The number of hydrogen-bond donors (Lipinski definition) is 0. The Morgan fingerprint density at radius 3 is 1.50 bits per heavy atom. The molecule has 1 aromatic carbocycles. The van der Waals surface area contributed by atoms with E-state index >= 15 is 0 Å². The molecule has 7 rings (SSSR count). The smallest absolute Gasteiger partial charge is 0.157 e. The van der Waals surface area contributed by atoms with Gasteiger partial charge in [-0.05, 0) is 35.4 Å². The summed E-state index contributed by atoms with van der Waals surface area (Å²) in [5, 5.41) is 0. The molecule has 0 aromatic heterocycles. The van der Waals surface area contributed by atoms with E-state index in [-0.39, 0.29) is 11.8 Å². The van der Waals surface area contributed by atoms with E-state index in [1.165, 1.54) is 24.3 Å². The zero-order valence-corrected chi connectivity index (χ0v) is 9.68. The number of hydrogen-bond acceptors (Lipinski definition) is 0. The van der Waals surface area contributed by atoms with Gasteiger partial charge in [0.2, 0.25) is 0 Å². The van der Waals surface area contributed by atoms with Gasteiger partial charge in [0.05, 0.1) is 0 Å². The van der Waals surface area contributed by atoms with Gasteiger partial charge in [0, 0.05) is 11.8 Å². The Balaban J connectivity index is 2.07. The summed E-state index contributed by atoms with van der Waals surface area (Å²) in [5.74, 6) is -0.690. The van der Waals surface area contributed by atoms with Crippen molar-refractivity contribution in [3.63, 3.8) is 0 Å². The largest absolute Gasteiger partial charge is 0.234 e. The molecular weight excluding hydrogens is 230 g/mol. The van der Waals surface area contributed by atoms with Crippen LogP contribution in [0.2, 0.25) is 0 Å². The maximum Gasteiger partial charge on any atom is 0.157 e. The monoisotopic (exact) mass is 242 g/mol. The molecule has 0 fully saturated rings. The molecule has 90 valence electrons. The van der Waals surface area contributed by atoms with Gasteiger partial charge in [-0.1, -0.05) is 36.4 Å². The van der Waals surface area contributed by atoms with Crippen molar-refractivity contribution < 1.29 is 8.78 Å². The Morgan fingerprint density at radius 2 is 1.11 bits per heavy atom. The molecule has 2 unspecified atom stereocenters. The van der Waals surface area contributed by atoms with Crippen molar-refractivity contribution in [2.24, 2.45) is 0 Å². The van der Waals surface area contributed by atoms with Crippen molar-refractivity contribution in [2.75, 3.05) is 0 Å². The van der Waals surface area contributed by atoms with Crippen LogP contribution in [0.5, 0.6) is 0 Å². The molecular formula is C16H12F2. The normalized spacial score (nSPS) is 42.8. The average molecular weight is 242 g/mol.